The van der Waals surface area contributed by atoms with E-state index in [1.54, 1.807) is 19.1 Å². The number of halogens is 1. The first-order chi connectivity index (χ1) is 10.0. The van der Waals surface area contributed by atoms with E-state index in [0.29, 0.717) is 22.9 Å². The van der Waals surface area contributed by atoms with Gasteiger partial charge in [-0.05, 0) is 44.2 Å². The highest BCUT2D eigenvalue weighted by molar-refractivity contribution is 6.17. The second-order valence-electron chi connectivity index (χ2n) is 5.50. The molecule has 2 rings (SSSR count). The Kier molecular flexibility index (Phi) is 5.17. The van der Waals surface area contributed by atoms with E-state index in [1.807, 2.05) is 4.90 Å². The van der Waals surface area contributed by atoms with Crippen molar-refractivity contribution in [2.75, 3.05) is 19.0 Å². The lowest BCUT2D eigenvalue weighted by atomic mass is 9.95. The SMILES string of the molecule is Cc1cc(C(=O)N2CCCC(CCCl)C2)ccc1[N+](=O)[O-]. The molecule has 1 unspecified atom stereocenters. The quantitative estimate of drug-likeness (QED) is 0.486. The summed E-state index contributed by atoms with van der Waals surface area (Å²) in [6.45, 7) is 3.12. The highest BCUT2D eigenvalue weighted by atomic mass is 35.5. The molecule has 0 N–H and O–H groups in total. The standard InChI is InChI=1S/C15H19ClN2O3/c1-11-9-13(4-5-14(11)18(20)21)15(19)17-8-2-3-12(10-17)6-7-16/h4-5,9,12H,2-3,6-8,10H2,1H3. The number of aryl methyl sites for hydroxylation is 1. The van der Waals surface area contributed by atoms with Gasteiger partial charge in [0.2, 0.25) is 0 Å². The van der Waals surface area contributed by atoms with Gasteiger partial charge in [0.1, 0.15) is 0 Å². The molecule has 1 atom stereocenters. The van der Waals surface area contributed by atoms with Crippen molar-refractivity contribution in [3.05, 3.63) is 39.4 Å². The molecular weight excluding hydrogens is 292 g/mol. The third-order valence-electron chi connectivity index (χ3n) is 3.96. The number of benzene rings is 1. The first kappa shape index (κ1) is 15.8. The number of nitrogens with zero attached hydrogens (tertiary/aromatic N) is 2. The van der Waals surface area contributed by atoms with Crippen LogP contribution in [0.25, 0.3) is 0 Å². The monoisotopic (exact) mass is 310 g/mol. The fourth-order valence-electron chi connectivity index (χ4n) is 2.82. The molecule has 1 aromatic carbocycles. The number of hydrogen-bond donors (Lipinski definition) is 0. The number of alkyl halides is 1. The molecule has 0 bridgehead atoms. The van der Waals surface area contributed by atoms with Crippen molar-refractivity contribution in [3.63, 3.8) is 0 Å². The van der Waals surface area contributed by atoms with E-state index in [4.69, 9.17) is 11.6 Å². The van der Waals surface area contributed by atoms with Gasteiger partial charge in [0, 0.05) is 36.2 Å². The Balaban J connectivity index is 2.12. The lowest BCUT2D eigenvalue weighted by Crippen LogP contribution is -2.40. The normalized spacial score (nSPS) is 18.6. The Bertz CT molecular complexity index is 546. The summed E-state index contributed by atoms with van der Waals surface area (Å²) in [5, 5.41) is 10.8. The number of nitro groups is 1. The third kappa shape index (κ3) is 3.73. The summed E-state index contributed by atoms with van der Waals surface area (Å²) < 4.78 is 0. The van der Waals surface area contributed by atoms with Crippen LogP contribution in [0.1, 0.15) is 35.2 Å². The van der Waals surface area contributed by atoms with Crippen LogP contribution in [0.2, 0.25) is 0 Å². The average Bonchev–Trinajstić information content (AvgIpc) is 2.46. The fraction of sp³-hybridized carbons (Fsp3) is 0.533. The van der Waals surface area contributed by atoms with Gasteiger partial charge in [-0.15, -0.1) is 11.6 Å². The minimum atomic E-state index is -0.430. The van der Waals surface area contributed by atoms with Crippen LogP contribution in [-0.2, 0) is 0 Å². The first-order valence-corrected chi connectivity index (χ1v) is 7.66. The van der Waals surface area contributed by atoms with Gasteiger partial charge in [-0.3, -0.25) is 14.9 Å². The van der Waals surface area contributed by atoms with Crippen molar-refractivity contribution in [1.29, 1.82) is 0 Å². The van der Waals surface area contributed by atoms with Crippen molar-refractivity contribution >= 4 is 23.2 Å². The van der Waals surface area contributed by atoms with Crippen molar-refractivity contribution in [2.24, 2.45) is 5.92 Å². The Hall–Kier alpha value is -1.62. The van der Waals surface area contributed by atoms with Crippen LogP contribution >= 0.6 is 11.6 Å². The van der Waals surface area contributed by atoms with Crippen molar-refractivity contribution in [2.45, 2.75) is 26.2 Å². The van der Waals surface area contributed by atoms with Gasteiger partial charge in [0.25, 0.3) is 11.6 Å². The summed E-state index contributed by atoms with van der Waals surface area (Å²) in [5.41, 5.74) is 1.08. The molecule has 114 valence electrons. The molecule has 1 aliphatic heterocycles. The number of likely N-dealkylation sites (tertiary alicyclic amines) is 1. The first-order valence-electron chi connectivity index (χ1n) is 7.13. The molecule has 1 heterocycles. The molecule has 1 aliphatic rings. The number of piperidine rings is 1. The van der Waals surface area contributed by atoms with E-state index in [0.717, 1.165) is 32.4 Å². The number of carbonyl (C=O) groups excluding carboxylic acids is 1. The second kappa shape index (κ2) is 6.89. The van der Waals surface area contributed by atoms with Gasteiger partial charge >= 0.3 is 0 Å². The Morgan fingerprint density at radius 1 is 1.52 bits per heavy atom. The van der Waals surface area contributed by atoms with Gasteiger partial charge in [0.15, 0.2) is 0 Å². The zero-order chi connectivity index (χ0) is 15.4. The number of hydrogen-bond acceptors (Lipinski definition) is 3. The molecule has 0 aliphatic carbocycles. The molecule has 1 aromatic rings. The topological polar surface area (TPSA) is 63.5 Å². The van der Waals surface area contributed by atoms with E-state index in [-0.39, 0.29) is 11.6 Å². The van der Waals surface area contributed by atoms with E-state index in [2.05, 4.69) is 0 Å². The molecule has 21 heavy (non-hydrogen) atoms. The molecule has 0 aromatic heterocycles. The Morgan fingerprint density at radius 2 is 2.29 bits per heavy atom. The number of nitro benzene ring substituents is 1. The number of amides is 1. The molecule has 1 amide bonds. The number of carbonyl (C=O) groups is 1. The Labute approximate surface area is 129 Å². The molecule has 5 nitrogen and oxygen atoms in total. The number of rotatable bonds is 4. The lowest BCUT2D eigenvalue weighted by molar-refractivity contribution is -0.385. The minimum absolute atomic E-state index is 0.0465. The van der Waals surface area contributed by atoms with Crippen LogP contribution in [-0.4, -0.2) is 34.7 Å². The predicted octanol–water partition coefficient (Wildman–Crippen LogP) is 3.38. The van der Waals surface area contributed by atoms with Crippen molar-refractivity contribution in [3.8, 4) is 0 Å². The predicted molar refractivity (Wildman–Crippen MR) is 81.8 cm³/mol. The summed E-state index contributed by atoms with van der Waals surface area (Å²) in [5.74, 6) is 1.02. The van der Waals surface area contributed by atoms with Gasteiger partial charge in [-0.1, -0.05) is 0 Å². The van der Waals surface area contributed by atoms with E-state index >= 15 is 0 Å². The highest BCUT2D eigenvalue weighted by Gasteiger charge is 2.25. The maximum atomic E-state index is 12.5. The molecule has 0 saturated carbocycles. The van der Waals surface area contributed by atoms with Crippen LogP contribution in [0, 0.1) is 23.0 Å². The van der Waals surface area contributed by atoms with Crippen LogP contribution in [0.5, 0.6) is 0 Å². The largest absolute Gasteiger partial charge is 0.338 e. The van der Waals surface area contributed by atoms with Crippen molar-refractivity contribution in [1.82, 2.24) is 4.90 Å². The molecular formula is C15H19ClN2O3. The van der Waals surface area contributed by atoms with Crippen molar-refractivity contribution < 1.29 is 9.72 Å². The van der Waals surface area contributed by atoms with Gasteiger partial charge in [-0.2, -0.15) is 0 Å². The lowest BCUT2D eigenvalue weighted by Gasteiger charge is -2.32. The van der Waals surface area contributed by atoms with Gasteiger partial charge in [-0.25, -0.2) is 0 Å². The van der Waals surface area contributed by atoms with E-state index < -0.39 is 4.92 Å². The molecule has 1 saturated heterocycles. The summed E-state index contributed by atoms with van der Waals surface area (Å²) in [4.78, 5) is 24.7. The molecule has 0 spiro atoms. The molecule has 6 heteroatoms. The zero-order valence-corrected chi connectivity index (χ0v) is 12.8. The zero-order valence-electron chi connectivity index (χ0n) is 12.0. The highest BCUT2D eigenvalue weighted by Crippen LogP contribution is 2.24. The van der Waals surface area contributed by atoms with E-state index in [1.165, 1.54) is 6.07 Å². The van der Waals surface area contributed by atoms with Gasteiger partial charge < -0.3 is 4.90 Å². The fourth-order valence-corrected chi connectivity index (χ4v) is 3.12. The maximum Gasteiger partial charge on any atom is 0.272 e. The average molecular weight is 311 g/mol. The van der Waals surface area contributed by atoms with Gasteiger partial charge in [0.05, 0.1) is 4.92 Å². The van der Waals surface area contributed by atoms with Crippen LogP contribution in [0.15, 0.2) is 18.2 Å². The molecule has 1 fully saturated rings. The minimum Gasteiger partial charge on any atom is -0.338 e. The Morgan fingerprint density at radius 3 is 2.90 bits per heavy atom. The third-order valence-corrected chi connectivity index (χ3v) is 4.18. The summed E-state index contributed by atoms with van der Waals surface area (Å²) in [6, 6.07) is 4.55. The van der Waals surface area contributed by atoms with Crippen LogP contribution in [0.3, 0.4) is 0 Å². The van der Waals surface area contributed by atoms with Crippen LogP contribution in [0.4, 0.5) is 5.69 Å². The molecule has 0 radical (unpaired) electrons. The van der Waals surface area contributed by atoms with E-state index in [9.17, 15) is 14.9 Å². The summed E-state index contributed by atoms with van der Waals surface area (Å²) >= 11 is 5.78. The maximum absolute atomic E-state index is 12.5. The van der Waals surface area contributed by atoms with Crippen LogP contribution < -0.4 is 0 Å². The summed E-state index contributed by atoms with van der Waals surface area (Å²) in [6.07, 6.45) is 3.01. The second-order valence-corrected chi connectivity index (χ2v) is 5.87. The smallest absolute Gasteiger partial charge is 0.272 e. The summed E-state index contributed by atoms with van der Waals surface area (Å²) in [7, 11) is 0.